The molecule has 1 saturated heterocycles. The number of hydrogen-bond acceptors (Lipinski definition) is 5. The summed E-state index contributed by atoms with van der Waals surface area (Å²) in [6, 6.07) is 14.4. The van der Waals surface area contributed by atoms with E-state index in [-0.39, 0.29) is 17.9 Å². The Morgan fingerprint density at radius 3 is 2.93 bits per heavy atom. The van der Waals surface area contributed by atoms with Crippen LogP contribution in [0.4, 0.5) is 0 Å². The Hall–Kier alpha value is -2.99. The van der Waals surface area contributed by atoms with Crippen LogP contribution in [0.5, 0.6) is 0 Å². The van der Waals surface area contributed by atoms with Crippen LogP contribution in [0.2, 0.25) is 0 Å². The van der Waals surface area contributed by atoms with Gasteiger partial charge in [-0.15, -0.1) is 0 Å². The molecule has 0 bridgehead atoms. The second-order valence-electron chi connectivity index (χ2n) is 8.30. The van der Waals surface area contributed by atoms with Crippen LogP contribution in [0.1, 0.15) is 36.5 Å². The molecule has 6 heteroatoms. The number of rotatable bonds is 5. The number of hydrogen-bond donors (Lipinski definition) is 1. The highest BCUT2D eigenvalue weighted by Gasteiger charge is 2.48. The van der Waals surface area contributed by atoms with Crippen LogP contribution in [0.15, 0.2) is 47.0 Å². The lowest BCUT2D eigenvalue weighted by Crippen LogP contribution is -2.32. The van der Waals surface area contributed by atoms with E-state index in [9.17, 15) is 9.90 Å². The zero-order chi connectivity index (χ0) is 20.7. The maximum absolute atomic E-state index is 12.5. The number of aryl methyl sites for hydroxylation is 1. The molecule has 1 aliphatic heterocycles. The Morgan fingerprint density at radius 2 is 2.10 bits per heavy atom. The fourth-order valence-electron chi connectivity index (χ4n) is 5.02. The first-order valence-electron chi connectivity index (χ1n) is 10.6. The lowest BCUT2D eigenvalue weighted by atomic mass is 9.80. The van der Waals surface area contributed by atoms with E-state index < -0.39 is 0 Å². The van der Waals surface area contributed by atoms with Crippen LogP contribution in [0.25, 0.3) is 22.8 Å². The molecule has 0 saturated carbocycles. The molecular formula is C24H25N3O3. The van der Waals surface area contributed by atoms with Crippen LogP contribution in [0, 0.1) is 0 Å². The highest BCUT2D eigenvalue weighted by molar-refractivity contribution is 5.82. The molecule has 3 aromatic rings. The molecule has 6 nitrogen and oxygen atoms in total. The topological polar surface area (TPSA) is 79.5 Å². The fraction of sp³-hybridized carbons (Fsp3) is 0.375. The smallest absolute Gasteiger partial charge is 0.258 e. The molecule has 30 heavy (non-hydrogen) atoms. The summed E-state index contributed by atoms with van der Waals surface area (Å²) < 4.78 is 5.60. The van der Waals surface area contributed by atoms with Crippen LogP contribution in [-0.2, 0) is 23.1 Å². The van der Waals surface area contributed by atoms with E-state index in [4.69, 9.17) is 4.52 Å². The van der Waals surface area contributed by atoms with Crippen LogP contribution in [0.3, 0.4) is 0 Å². The van der Waals surface area contributed by atoms with Crippen molar-refractivity contribution in [3.05, 3.63) is 59.2 Å². The predicted octanol–water partition coefficient (Wildman–Crippen LogP) is 3.37. The highest BCUT2D eigenvalue weighted by Crippen LogP contribution is 2.48. The van der Waals surface area contributed by atoms with E-state index in [0.717, 1.165) is 30.4 Å². The van der Waals surface area contributed by atoms with Gasteiger partial charge in [0.2, 0.25) is 11.7 Å². The maximum atomic E-state index is 12.5. The number of benzene rings is 2. The van der Waals surface area contributed by atoms with Crippen LogP contribution in [-0.4, -0.2) is 45.8 Å². The molecule has 1 N–H and O–H groups in total. The minimum absolute atomic E-state index is 0.000412. The summed E-state index contributed by atoms with van der Waals surface area (Å²) in [7, 11) is 0. The summed E-state index contributed by atoms with van der Waals surface area (Å²) in [6.45, 7) is 3.20. The van der Waals surface area contributed by atoms with Gasteiger partial charge in [0, 0.05) is 36.1 Å². The molecule has 1 amide bonds. The molecule has 1 aromatic heterocycles. The molecular weight excluding hydrogens is 378 g/mol. The van der Waals surface area contributed by atoms with Crippen molar-refractivity contribution in [1.82, 2.24) is 15.0 Å². The number of aliphatic hydroxyl groups excluding tert-OH is 1. The van der Waals surface area contributed by atoms with Gasteiger partial charge in [0.1, 0.15) is 0 Å². The third-order valence-corrected chi connectivity index (χ3v) is 6.56. The van der Waals surface area contributed by atoms with E-state index in [1.165, 1.54) is 16.7 Å². The quantitative estimate of drug-likeness (QED) is 0.707. The van der Waals surface area contributed by atoms with Gasteiger partial charge in [-0.1, -0.05) is 42.4 Å². The third kappa shape index (κ3) is 3.03. The number of β-amino-alcohol motifs (C(OH)–C–C–N with tert-alkyl or cyclic N) is 1. The molecule has 1 aliphatic carbocycles. The summed E-state index contributed by atoms with van der Waals surface area (Å²) >= 11 is 0. The van der Waals surface area contributed by atoms with Gasteiger partial charge in [0.05, 0.1) is 6.61 Å². The van der Waals surface area contributed by atoms with Crippen molar-refractivity contribution in [3.8, 4) is 22.8 Å². The van der Waals surface area contributed by atoms with E-state index >= 15 is 0 Å². The van der Waals surface area contributed by atoms with E-state index in [2.05, 4.69) is 35.3 Å². The average molecular weight is 403 g/mol. The monoisotopic (exact) mass is 403 g/mol. The van der Waals surface area contributed by atoms with Gasteiger partial charge in [-0.2, -0.15) is 4.98 Å². The van der Waals surface area contributed by atoms with Crippen LogP contribution < -0.4 is 0 Å². The summed E-state index contributed by atoms with van der Waals surface area (Å²) in [6.07, 6.45) is 3.27. The number of likely N-dealkylation sites (tertiary alicyclic amines) is 1. The van der Waals surface area contributed by atoms with Crippen molar-refractivity contribution < 1.29 is 14.4 Å². The lowest BCUT2D eigenvalue weighted by Gasteiger charge is -2.24. The first-order valence-corrected chi connectivity index (χ1v) is 10.6. The Kier molecular flexibility index (Phi) is 4.66. The second kappa shape index (κ2) is 7.36. The number of carbonyl (C=O) groups excluding carboxylic acids is 1. The molecule has 0 radical (unpaired) electrons. The van der Waals surface area contributed by atoms with Gasteiger partial charge in [-0.05, 0) is 48.1 Å². The van der Waals surface area contributed by atoms with Gasteiger partial charge in [-0.25, -0.2) is 0 Å². The van der Waals surface area contributed by atoms with Crippen molar-refractivity contribution in [2.75, 3.05) is 19.7 Å². The van der Waals surface area contributed by atoms with E-state index in [1.807, 2.05) is 24.3 Å². The molecule has 1 atom stereocenters. The molecule has 2 heterocycles. The van der Waals surface area contributed by atoms with Crippen molar-refractivity contribution in [2.24, 2.45) is 0 Å². The normalized spacial score (nSPS) is 20.3. The van der Waals surface area contributed by atoms with Crippen molar-refractivity contribution in [2.45, 2.75) is 38.0 Å². The van der Waals surface area contributed by atoms with Gasteiger partial charge in [-0.3, -0.25) is 4.79 Å². The van der Waals surface area contributed by atoms with Crippen LogP contribution >= 0.6 is 0 Å². The fourth-order valence-corrected chi connectivity index (χ4v) is 5.02. The minimum Gasteiger partial charge on any atom is -0.395 e. The Morgan fingerprint density at radius 1 is 1.23 bits per heavy atom. The zero-order valence-electron chi connectivity index (χ0n) is 17.1. The second-order valence-corrected chi connectivity index (χ2v) is 8.30. The number of aromatic nitrogens is 2. The minimum atomic E-state index is -0.167. The zero-order valence-corrected chi connectivity index (χ0v) is 17.1. The number of carbonyl (C=O) groups is 1. The van der Waals surface area contributed by atoms with Gasteiger partial charge >= 0.3 is 0 Å². The summed E-state index contributed by atoms with van der Waals surface area (Å²) in [5.74, 6) is 1.24. The first-order chi connectivity index (χ1) is 14.6. The molecule has 1 spiro atoms. The number of fused-ring (bicyclic) bond motifs is 2. The molecule has 154 valence electrons. The summed E-state index contributed by atoms with van der Waals surface area (Å²) in [4.78, 5) is 19.0. The Bertz CT molecular complexity index is 1110. The van der Waals surface area contributed by atoms with Crippen molar-refractivity contribution >= 4 is 5.91 Å². The number of amides is 1. The molecule has 2 aliphatic rings. The average Bonchev–Trinajstić information content (AvgIpc) is 3.47. The highest BCUT2D eigenvalue weighted by atomic mass is 16.5. The molecule has 0 unspecified atom stereocenters. The predicted molar refractivity (Wildman–Crippen MR) is 113 cm³/mol. The Balaban J connectivity index is 1.49. The van der Waals surface area contributed by atoms with Gasteiger partial charge < -0.3 is 14.5 Å². The molecule has 1 fully saturated rings. The van der Waals surface area contributed by atoms with Crippen molar-refractivity contribution in [1.29, 1.82) is 0 Å². The molecule has 5 rings (SSSR count). The lowest BCUT2D eigenvalue weighted by molar-refractivity contribution is -0.128. The summed E-state index contributed by atoms with van der Waals surface area (Å²) in [5, 5.41) is 13.5. The largest absolute Gasteiger partial charge is 0.395 e. The standard InChI is InChI=1S/C24H25N3O3/c1-2-16-5-3-6-17(13-16)23-25-22(26-30-23)19-7-4-8-20-18(19)9-10-24(20)14-21(29)27(15-24)11-12-28/h3-8,13,28H,2,9-12,14-15H2,1H3/t24-/m1/s1. The number of aliphatic hydroxyl groups is 1. The van der Waals surface area contributed by atoms with Crippen molar-refractivity contribution in [3.63, 3.8) is 0 Å². The van der Waals surface area contributed by atoms with E-state index in [0.29, 0.717) is 31.2 Å². The first kappa shape index (κ1) is 19.0. The Labute approximate surface area is 175 Å². The summed E-state index contributed by atoms with van der Waals surface area (Å²) in [5.41, 5.74) is 5.41. The SMILES string of the molecule is CCc1cccc(-c2nc(-c3cccc4c3CC[C@]43CC(=O)N(CCO)C3)no2)c1. The molecule has 2 aromatic carbocycles. The van der Waals surface area contributed by atoms with E-state index in [1.54, 1.807) is 4.90 Å². The maximum Gasteiger partial charge on any atom is 0.258 e. The number of nitrogens with zero attached hydrogens (tertiary/aromatic N) is 3. The van der Waals surface area contributed by atoms with Gasteiger partial charge in [0.15, 0.2) is 0 Å². The van der Waals surface area contributed by atoms with Gasteiger partial charge in [0.25, 0.3) is 5.89 Å². The third-order valence-electron chi connectivity index (χ3n) is 6.56.